The van der Waals surface area contributed by atoms with Gasteiger partial charge in [-0.05, 0) is 12.1 Å². The maximum Gasteiger partial charge on any atom is 0.310 e. The Kier molecular flexibility index (Phi) is 6.52. The molecule has 0 aliphatic rings. The van der Waals surface area contributed by atoms with Gasteiger partial charge < -0.3 is 20.1 Å². The largest absolute Gasteiger partial charge is 0.491 e. The quantitative estimate of drug-likeness (QED) is 0.605. The number of methoxy groups -OCH3 is 1. The minimum atomic E-state index is -0.352. The van der Waals surface area contributed by atoms with Crippen LogP contribution in [0.15, 0.2) is 24.3 Å². The zero-order chi connectivity index (χ0) is 15.8. The number of hydrogen-bond acceptors (Lipinski definition) is 5. The summed E-state index contributed by atoms with van der Waals surface area (Å²) in [6.07, 6.45) is 0.221. The van der Waals surface area contributed by atoms with Gasteiger partial charge in [-0.3, -0.25) is 9.59 Å². The summed E-state index contributed by atoms with van der Waals surface area (Å²) in [7, 11) is 2.98. The van der Waals surface area contributed by atoms with Crippen LogP contribution in [0.25, 0.3) is 0 Å². The van der Waals surface area contributed by atoms with Crippen molar-refractivity contribution in [3.63, 3.8) is 0 Å². The number of carbonyl (C=O) groups excluding carboxylic acids is 2. The smallest absolute Gasteiger partial charge is 0.310 e. The predicted molar refractivity (Wildman–Crippen MR) is 79.8 cm³/mol. The molecule has 0 fully saturated rings. The molecule has 1 rings (SSSR count). The Balaban J connectivity index is 2.36. The highest BCUT2D eigenvalue weighted by Crippen LogP contribution is 2.19. The number of benzene rings is 1. The van der Waals surface area contributed by atoms with Gasteiger partial charge >= 0.3 is 5.97 Å². The summed E-state index contributed by atoms with van der Waals surface area (Å²) in [6.45, 7) is 2.28. The number of esters is 1. The second-order valence-corrected chi connectivity index (χ2v) is 4.83. The van der Waals surface area contributed by atoms with Crippen molar-refractivity contribution in [3.05, 3.63) is 24.3 Å². The number of hydrogen-bond donors (Lipinski definition) is 1. The van der Waals surface area contributed by atoms with E-state index >= 15 is 0 Å². The molecule has 0 saturated heterocycles. The van der Waals surface area contributed by atoms with Gasteiger partial charge in [-0.2, -0.15) is 0 Å². The van der Waals surface area contributed by atoms with Crippen molar-refractivity contribution >= 4 is 17.6 Å². The molecule has 1 aromatic rings. The number of ether oxygens (including phenoxy) is 2. The molecule has 2 N–H and O–H groups in total. The summed E-state index contributed by atoms with van der Waals surface area (Å²) >= 11 is 0. The lowest BCUT2D eigenvalue weighted by Crippen LogP contribution is -2.34. The first-order valence-electron chi connectivity index (χ1n) is 6.74. The van der Waals surface area contributed by atoms with Gasteiger partial charge in [0.1, 0.15) is 5.75 Å². The Hall–Kier alpha value is -2.24. The second kappa shape index (κ2) is 8.14. The van der Waals surface area contributed by atoms with E-state index in [9.17, 15) is 9.59 Å². The van der Waals surface area contributed by atoms with Crippen LogP contribution in [0.5, 0.6) is 5.75 Å². The highest BCUT2D eigenvalue weighted by molar-refractivity contribution is 5.77. The van der Waals surface area contributed by atoms with Crippen LogP contribution in [0.3, 0.4) is 0 Å². The van der Waals surface area contributed by atoms with Crippen molar-refractivity contribution in [2.45, 2.75) is 13.3 Å². The minimum absolute atomic E-state index is 0.0970. The number of nitrogens with two attached hydrogens (primary N) is 1. The van der Waals surface area contributed by atoms with E-state index < -0.39 is 0 Å². The van der Waals surface area contributed by atoms with Gasteiger partial charge in [0.2, 0.25) is 5.91 Å². The SMILES string of the molecule is COC(=O)C(C)CN(C)C(=O)CCOc1ccccc1N. The third kappa shape index (κ3) is 5.33. The number of nitrogens with zero attached hydrogens (tertiary/aromatic N) is 1. The number of carbonyl (C=O) groups is 2. The van der Waals surface area contributed by atoms with Gasteiger partial charge in [0.05, 0.1) is 31.7 Å². The van der Waals surface area contributed by atoms with Gasteiger partial charge in [0, 0.05) is 13.6 Å². The molecule has 0 aliphatic carbocycles. The van der Waals surface area contributed by atoms with Crippen LogP contribution < -0.4 is 10.5 Å². The fourth-order valence-electron chi connectivity index (χ4n) is 1.84. The molecule has 1 aromatic carbocycles. The predicted octanol–water partition coefficient (Wildman–Crippen LogP) is 1.31. The lowest BCUT2D eigenvalue weighted by Gasteiger charge is -2.20. The van der Waals surface area contributed by atoms with Crippen molar-refractivity contribution in [1.29, 1.82) is 0 Å². The average Bonchev–Trinajstić information content (AvgIpc) is 2.47. The van der Waals surface area contributed by atoms with Gasteiger partial charge in [0.15, 0.2) is 0 Å². The summed E-state index contributed by atoms with van der Waals surface area (Å²) in [6, 6.07) is 7.12. The van der Waals surface area contributed by atoms with Crippen LogP contribution in [-0.2, 0) is 14.3 Å². The molecule has 0 spiro atoms. The highest BCUT2D eigenvalue weighted by Gasteiger charge is 2.18. The third-order valence-electron chi connectivity index (χ3n) is 3.07. The molecular weight excluding hydrogens is 272 g/mol. The zero-order valence-electron chi connectivity index (χ0n) is 12.7. The van der Waals surface area contributed by atoms with Gasteiger partial charge in [-0.15, -0.1) is 0 Å². The lowest BCUT2D eigenvalue weighted by molar-refractivity contribution is -0.146. The summed E-state index contributed by atoms with van der Waals surface area (Å²) < 4.78 is 10.1. The van der Waals surface area contributed by atoms with Crippen LogP contribution in [0.1, 0.15) is 13.3 Å². The van der Waals surface area contributed by atoms with Crippen molar-refractivity contribution < 1.29 is 19.1 Å². The molecule has 1 amide bonds. The average molecular weight is 294 g/mol. The zero-order valence-corrected chi connectivity index (χ0v) is 12.7. The lowest BCUT2D eigenvalue weighted by atomic mass is 10.1. The Bertz CT molecular complexity index is 490. The number of amides is 1. The van der Waals surface area contributed by atoms with E-state index in [-0.39, 0.29) is 30.8 Å². The minimum Gasteiger partial charge on any atom is -0.491 e. The molecule has 0 heterocycles. The van der Waals surface area contributed by atoms with Crippen LogP contribution in [-0.4, -0.2) is 44.1 Å². The van der Waals surface area contributed by atoms with E-state index in [1.165, 1.54) is 12.0 Å². The van der Waals surface area contributed by atoms with Gasteiger partial charge in [-0.25, -0.2) is 0 Å². The number of nitrogen functional groups attached to an aromatic ring is 1. The molecule has 6 heteroatoms. The Morgan fingerprint density at radius 1 is 1.33 bits per heavy atom. The molecular formula is C15H22N2O4. The maximum absolute atomic E-state index is 11.9. The summed E-state index contributed by atoms with van der Waals surface area (Å²) in [5, 5.41) is 0. The van der Waals surface area contributed by atoms with E-state index in [1.807, 2.05) is 12.1 Å². The van der Waals surface area contributed by atoms with E-state index in [0.717, 1.165) is 0 Å². The Labute approximate surface area is 124 Å². The van der Waals surface area contributed by atoms with Crippen molar-refractivity contribution in [2.75, 3.05) is 33.0 Å². The molecule has 0 aromatic heterocycles. The highest BCUT2D eigenvalue weighted by atomic mass is 16.5. The monoisotopic (exact) mass is 294 g/mol. The summed E-state index contributed by atoms with van der Waals surface area (Å²) in [5.41, 5.74) is 6.28. The molecule has 0 bridgehead atoms. The van der Waals surface area contributed by atoms with E-state index in [0.29, 0.717) is 18.0 Å². The standard InChI is InChI=1S/C15H22N2O4/c1-11(15(19)20-3)10-17(2)14(18)8-9-21-13-7-5-4-6-12(13)16/h4-7,11H,8-10,16H2,1-3H3. The normalized spacial score (nSPS) is 11.6. The first-order chi connectivity index (χ1) is 9.95. The molecule has 1 unspecified atom stereocenters. The maximum atomic E-state index is 11.9. The van der Waals surface area contributed by atoms with Gasteiger partial charge in [-0.1, -0.05) is 19.1 Å². The van der Waals surface area contributed by atoms with E-state index in [4.69, 9.17) is 10.5 Å². The van der Waals surface area contributed by atoms with Gasteiger partial charge in [0.25, 0.3) is 0 Å². The van der Waals surface area contributed by atoms with E-state index in [2.05, 4.69) is 4.74 Å². The van der Waals surface area contributed by atoms with E-state index in [1.54, 1.807) is 26.1 Å². The van der Waals surface area contributed by atoms with Crippen LogP contribution >= 0.6 is 0 Å². The summed E-state index contributed by atoms with van der Waals surface area (Å²) in [5.74, 6) is -0.214. The summed E-state index contributed by atoms with van der Waals surface area (Å²) in [4.78, 5) is 24.7. The van der Waals surface area contributed by atoms with Crippen LogP contribution in [0, 0.1) is 5.92 Å². The second-order valence-electron chi connectivity index (χ2n) is 4.83. The topological polar surface area (TPSA) is 81.9 Å². The van der Waals surface area contributed by atoms with Crippen molar-refractivity contribution in [1.82, 2.24) is 4.90 Å². The van der Waals surface area contributed by atoms with Crippen LogP contribution in [0.2, 0.25) is 0 Å². The molecule has 6 nitrogen and oxygen atoms in total. The van der Waals surface area contributed by atoms with Crippen molar-refractivity contribution in [2.24, 2.45) is 5.92 Å². The first kappa shape index (κ1) is 16.8. The molecule has 0 aliphatic heterocycles. The first-order valence-corrected chi connectivity index (χ1v) is 6.74. The fraction of sp³-hybridized carbons (Fsp3) is 0.467. The molecule has 0 saturated carbocycles. The molecule has 0 radical (unpaired) electrons. The number of rotatable bonds is 7. The number of para-hydroxylation sites is 2. The van der Waals surface area contributed by atoms with Crippen LogP contribution in [0.4, 0.5) is 5.69 Å². The Morgan fingerprint density at radius 2 is 2.00 bits per heavy atom. The molecule has 1 atom stereocenters. The third-order valence-corrected chi connectivity index (χ3v) is 3.07. The van der Waals surface area contributed by atoms with Crippen molar-refractivity contribution in [3.8, 4) is 5.75 Å². The molecule has 116 valence electrons. The number of anilines is 1. The fourth-order valence-corrected chi connectivity index (χ4v) is 1.84. The Morgan fingerprint density at radius 3 is 2.62 bits per heavy atom. The molecule has 21 heavy (non-hydrogen) atoms.